The molecule has 2 heterocycles. The summed E-state index contributed by atoms with van der Waals surface area (Å²) in [5.41, 5.74) is 0.486. The second-order valence-electron chi connectivity index (χ2n) is 4.92. The summed E-state index contributed by atoms with van der Waals surface area (Å²) < 4.78 is 12.8. The van der Waals surface area contributed by atoms with Crippen LogP contribution in [0.2, 0.25) is 0 Å². The molecule has 3 rings (SSSR count). The van der Waals surface area contributed by atoms with Crippen LogP contribution in [0, 0.1) is 5.82 Å². The Labute approximate surface area is 119 Å². The summed E-state index contributed by atoms with van der Waals surface area (Å²) in [6, 6.07) is 4.39. The molecule has 8 heteroatoms. The van der Waals surface area contributed by atoms with Crippen LogP contribution < -0.4 is 10.6 Å². The minimum atomic E-state index is -0.413. The number of nitrogens with zero attached hydrogens (tertiary/aromatic N) is 2. The van der Waals surface area contributed by atoms with Crippen molar-refractivity contribution in [2.75, 3.05) is 25.0 Å². The maximum absolute atomic E-state index is 12.8. The van der Waals surface area contributed by atoms with Crippen LogP contribution in [0.3, 0.4) is 0 Å². The molecule has 0 aromatic heterocycles. The molecule has 0 aliphatic carbocycles. The second kappa shape index (κ2) is 5.04. The number of hydrogen-bond donors (Lipinski definition) is 2. The Kier molecular flexibility index (Phi) is 3.20. The van der Waals surface area contributed by atoms with E-state index in [1.165, 1.54) is 29.2 Å². The van der Waals surface area contributed by atoms with Crippen molar-refractivity contribution in [3.05, 3.63) is 30.1 Å². The fourth-order valence-electron chi connectivity index (χ4n) is 2.32. The smallest absolute Gasteiger partial charge is 0.324 e. The molecule has 5 amide bonds. The Balaban J connectivity index is 1.54. The lowest BCUT2D eigenvalue weighted by molar-refractivity contribution is -0.128. The summed E-state index contributed by atoms with van der Waals surface area (Å²) >= 11 is 0. The predicted octanol–water partition coefficient (Wildman–Crippen LogP) is 0.594. The molecule has 2 fully saturated rings. The van der Waals surface area contributed by atoms with Crippen LogP contribution in [-0.2, 0) is 4.79 Å². The number of rotatable bonds is 2. The monoisotopic (exact) mass is 292 g/mol. The zero-order valence-corrected chi connectivity index (χ0v) is 11.0. The van der Waals surface area contributed by atoms with E-state index in [9.17, 15) is 18.8 Å². The van der Waals surface area contributed by atoms with Crippen molar-refractivity contribution in [3.63, 3.8) is 0 Å². The lowest BCUT2D eigenvalue weighted by Gasteiger charge is -2.42. The molecule has 110 valence electrons. The Bertz CT molecular complexity index is 582. The lowest BCUT2D eigenvalue weighted by Crippen LogP contribution is -2.63. The molecule has 0 unspecified atom stereocenters. The SMILES string of the molecule is O=C(Nc1ccc(F)cc1)N1CC(N2C(=O)CNC2=O)C1. The minimum absolute atomic E-state index is 0.0110. The number of carbonyl (C=O) groups is 3. The molecule has 7 nitrogen and oxygen atoms in total. The van der Waals surface area contributed by atoms with Crippen molar-refractivity contribution in [2.45, 2.75) is 6.04 Å². The summed E-state index contributed by atoms with van der Waals surface area (Å²) in [4.78, 5) is 37.5. The molecule has 1 aromatic carbocycles. The highest BCUT2D eigenvalue weighted by Gasteiger charge is 2.42. The Morgan fingerprint density at radius 1 is 1.24 bits per heavy atom. The van der Waals surface area contributed by atoms with Gasteiger partial charge in [-0.3, -0.25) is 9.69 Å². The Morgan fingerprint density at radius 3 is 2.48 bits per heavy atom. The van der Waals surface area contributed by atoms with Gasteiger partial charge in [-0.15, -0.1) is 0 Å². The van der Waals surface area contributed by atoms with Gasteiger partial charge >= 0.3 is 12.1 Å². The number of carbonyl (C=O) groups excluding carboxylic acids is 3. The molecule has 0 spiro atoms. The van der Waals surface area contributed by atoms with Crippen molar-refractivity contribution >= 4 is 23.7 Å². The van der Waals surface area contributed by atoms with E-state index < -0.39 is 6.03 Å². The lowest BCUT2D eigenvalue weighted by atomic mass is 10.1. The normalized spacial score (nSPS) is 18.5. The molecule has 2 N–H and O–H groups in total. The molecule has 0 saturated carbocycles. The van der Waals surface area contributed by atoms with Gasteiger partial charge in [0, 0.05) is 18.8 Å². The maximum Gasteiger partial charge on any atom is 0.324 e. The van der Waals surface area contributed by atoms with Gasteiger partial charge in [-0.2, -0.15) is 0 Å². The number of halogens is 1. The summed E-state index contributed by atoms with van der Waals surface area (Å²) in [5, 5.41) is 5.06. The van der Waals surface area contributed by atoms with E-state index in [1.807, 2.05) is 0 Å². The van der Waals surface area contributed by atoms with Crippen LogP contribution in [0.1, 0.15) is 0 Å². The zero-order chi connectivity index (χ0) is 15.0. The minimum Gasteiger partial charge on any atom is -0.329 e. The largest absolute Gasteiger partial charge is 0.329 e. The van der Waals surface area contributed by atoms with E-state index in [-0.39, 0.29) is 30.3 Å². The summed E-state index contributed by atoms with van der Waals surface area (Å²) in [5.74, 6) is -0.654. The van der Waals surface area contributed by atoms with E-state index in [4.69, 9.17) is 0 Å². The molecular weight excluding hydrogens is 279 g/mol. The zero-order valence-electron chi connectivity index (χ0n) is 11.0. The van der Waals surface area contributed by atoms with Crippen molar-refractivity contribution in [2.24, 2.45) is 0 Å². The van der Waals surface area contributed by atoms with Crippen molar-refractivity contribution in [3.8, 4) is 0 Å². The van der Waals surface area contributed by atoms with E-state index in [0.717, 1.165) is 4.90 Å². The Morgan fingerprint density at radius 2 is 1.90 bits per heavy atom. The third-order valence-electron chi connectivity index (χ3n) is 3.49. The number of nitrogens with one attached hydrogen (secondary N) is 2. The molecule has 1 aromatic rings. The van der Waals surface area contributed by atoms with Gasteiger partial charge in [0.1, 0.15) is 5.82 Å². The van der Waals surface area contributed by atoms with Gasteiger partial charge in [0.2, 0.25) is 5.91 Å². The first kappa shape index (κ1) is 13.3. The Hall–Kier alpha value is -2.64. The summed E-state index contributed by atoms with van der Waals surface area (Å²) in [6.07, 6.45) is 0. The van der Waals surface area contributed by atoms with Crippen LogP contribution in [0.4, 0.5) is 19.7 Å². The molecule has 21 heavy (non-hydrogen) atoms. The van der Waals surface area contributed by atoms with Crippen LogP contribution in [0.25, 0.3) is 0 Å². The molecule has 0 bridgehead atoms. The first-order chi connectivity index (χ1) is 10.0. The molecule has 0 radical (unpaired) electrons. The quantitative estimate of drug-likeness (QED) is 0.783. The topological polar surface area (TPSA) is 81.8 Å². The fraction of sp³-hybridized carbons (Fsp3) is 0.308. The highest BCUT2D eigenvalue weighted by atomic mass is 19.1. The first-order valence-electron chi connectivity index (χ1n) is 6.46. The molecule has 2 aliphatic heterocycles. The number of urea groups is 2. The average Bonchev–Trinajstić information content (AvgIpc) is 2.72. The van der Waals surface area contributed by atoms with Crippen LogP contribution in [-0.4, -0.2) is 53.4 Å². The van der Waals surface area contributed by atoms with Crippen molar-refractivity contribution in [1.82, 2.24) is 15.1 Å². The highest BCUT2D eigenvalue weighted by Crippen LogP contribution is 2.19. The van der Waals surface area contributed by atoms with Crippen molar-refractivity contribution in [1.29, 1.82) is 0 Å². The summed E-state index contributed by atoms with van der Waals surface area (Å²) in [7, 11) is 0. The van der Waals surface area contributed by atoms with Gasteiger partial charge in [-0.25, -0.2) is 14.0 Å². The van der Waals surface area contributed by atoms with E-state index in [1.54, 1.807) is 0 Å². The van der Waals surface area contributed by atoms with Gasteiger partial charge in [-0.05, 0) is 24.3 Å². The second-order valence-corrected chi connectivity index (χ2v) is 4.92. The van der Waals surface area contributed by atoms with Gasteiger partial charge in [0.15, 0.2) is 0 Å². The molecule has 0 atom stereocenters. The summed E-state index contributed by atoms with van der Waals surface area (Å²) in [6.45, 7) is 0.607. The average molecular weight is 292 g/mol. The van der Waals surface area contributed by atoms with Crippen LogP contribution in [0.15, 0.2) is 24.3 Å². The van der Waals surface area contributed by atoms with E-state index >= 15 is 0 Å². The number of likely N-dealkylation sites (tertiary alicyclic amines) is 1. The van der Waals surface area contributed by atoms with Crippen LogP contribution in [0.5, 0.6) is 0 Å². The first-order valence-corrected chi connectivity index (χ1v) is 6.46. The molecule has 2 aliphatic rings. The number of amides is 5. The maximum atomic E-state index is 12.8. The highest BCUT2D eigenvalue weighted by molar-refractivity contribution is 6.02. The van der Waals surface area contributed by atoms with Gasteiger partial charge in [-0.1, -0.05) is 0 Å². The van der Waals surface area contributed by atoms with Gasteiger partial charge in [0.25, 0.3) is 0 Å². The third-order valence-corrected chi connectivity index (χ3v) is 3.49. The van der Waals surface area contributed by atoms with Gasteiger partial charge < -0.3 is 15.5 Å². The molecule has 2 saturated heterocycles. The predicted molar refractivity (Wildman–Crippen MR) is 71.0 cm³/mol. The number of anilines is 1. The molecular formula is C13H13FN4O3. The third kappa shape index (κ3) is 2.51. The van der Waals surface area contributed by atoms with E-state index in [2.05, 4.69) is 10.6 Å². The number of benzene rings is 1. The number of hydrogen-bond acceptors (Lipinski definition) is 3. The number of imide groups is 1. The van der Waals surface area contributed by atoms with Crippen molar-refractivity contribution < 1.29 is 18.8 Å². The fourth-order valence-corrected chi connectivity index (χ4v) is 2.32. The van der Waals surface area contributed by atoms with Gasteiger partial charge in [0.05, 0.1) is 12.6 Å². The standard InChI is InChI=1S/C13H13FN4O3/c14-8-1-3-9(4-2-8)16-13(21)17-6-10(7-17)18-11(19)5-15-12(18)20/h1-4,10H,5-7H2,(H,15,20)(H,16,21). The van der Waals surface area contributed by atoms with E-state index in [0.29, 0.717) is 18.8 Å². The van der Waals surface area contributed by atoms with Crippen LogP contribution >= 0.6 is 0 Å².